The number of rotatable bonds is 6. The molecule has 8 nitrogen and oxygen atoms in total. The molecule has 0 saturated carbocycles. The second-order valence-corrected chi connectivity index (χ2v) is 5.55. The Hall–Kier alpha value is -3.68. The van der Waals surface area contributed by atoms with Crippen LogP contribution in [0.25, 0.3) is 11.5 Å². The number of nitrogens with zero attached hydrogens (tertiary/aromatic N) is 2. The average molecular weight is 352 g/mol. The van der Waals surface area contributed by atoms with Gasteiger partial charge in [-0.15, -0.1) is 0 Å². The zero-order valence-corrected chi connectivity index (χ0v) is 13.7. The van der Waals surface area contributed by atoms with Crippen LogP contribution in [0.3, 0.4) is 0 Å². The van der Waals surface area contributed by atoms with Crippen molar-refractivity contribution in [1.82, 2.24) is 10.3 Å². The van der Waals surface area contributed by atoms with Gasteiger partial charge in [-0.3, -0.25) is 14.9 Å². The molecule has 0 unspecified atom stereocenters. The molecule has 26 heavy (non-hydrogen) atoms. The van der Waals surface area contributed by atoms with Gasteiger partial charge in [-0.1, -0.05) is 24.3 Å². The van der Waals surface area contributed by atoms with Crippen molar-refractivity contribution < 1.29 is 14.1 Å². The van der Waals surface area contributed by atoms with E-state index in [0.29, 0.717) is 24.2 Å². The average Bonchev–Trinajstić information content (AvgIpc) is 3.12. The number of aromatic nitrogens is 1. The Kier molecular flexibility index (Phi) is 4.93. The van der Waals surface area contributed by atoms with Crippen LogP contribution in [0.1, 0.15) is 16.1 Å². The molecule has 0 aliphatic heterocycles. The quantitative estimate of drug-likeness (QED) is 0.399. The van der Waals surface area contributed by atoms with Gasteiger partial charge in [0.2, 0.25) is 5.89 Å². The van der Waals surface area contributed by atoms with E-state index in [0.717, 1.165) is 5.56 Å². The van der Waals surface area contributed by atoms with E-state index in [1.54, 1.807) is 36.4 Å². The molecule has 3 aromatic rings. The van der Waals surface area contributed by atoms with Crippen molar-refractivity contribution in [3.05, 3.63) is 76.2 Å². The van der Waals surface area contributed by atoms with Crippen LogP contribution in [-0.2, 0) is 6.42 Å². The first kappa shape index (κ1) is 17.2. The molecule has 2 aromatic carbocycles. The SMILES string of the molecule is Nc1ccccc1-c1nc(C(=O)NCCc2ccc([N+](=O)[O-])cc2)co1. The van der Waals surface area contributed by atoms with Crippen LogP contribution in [0.2, 0.25) is 0 Å². The van der Waals surface area contributed by atoms with Gasteiger partial charge in [0.1, 0.15) is 6.26 Å². The van der Waals surface area contributed by atoms with Gasteiger partial charge >= 0.3 is 0 Å². The topological polar surface area (TPSA) is 124 Å². The normalized spacial score (nSPS) is 10.5. The molecule has 0 atom stereocenters. The number of non-ortho nitro benzene ring substituents is 1. The summed E-state index contributed by atoms with van der Waals surface area (Å²) in [5.41, 5.74) is 8.08. The molecule has 3 rings (SSSR count). The third kappa shape index (κ3) is 3.86. The van der Waals surface area contributed by atoms with Crippen LogP contribution in [-0.4, -0.2) is 22.4 Å². The molecular weight excluding hydrogens is 336 g/mol. The lowest BCUT2D eigenvalue weighted by atomic mass is 10.1. The number of carbonyl (C=O) groups excluding carboxylic acids is 1. The largest absolute Gasteiger partial charge is 0.444 e. The summed E-state index contributed by atoms with van der Waals surface area (Å²) in [4.78, 5) is 26.5. The molecule has 1 heterocycles. The Morgan fingerprint density at radius 1 is 1.19 bits per heavy atom. The molecule has 3 N–H and O–H groups in total. The fraction of sp³-hybridized carbons (Fsp3) is 0.111. The lowest BCUT2D eigenvalue weighted by molar-refractivity contribution is -0.384. The smallest absolute Gasteiger partial charge is 0.273 e. The molecule has 1 amide bonds. The summed E-state index contributed by atoms with van der Waals surface area (Å²) in [7, 11) is 0. The summed E-state index contributed by atoms with van der Waals surface area (Å²) in [5, 5.41) is 13.4. The van der Waals surface area contributed by atoms with Crippen LogP contribution in [0.15, 0.2) is 59.2 Å². The Morgan fingerprint density at radius 2 is 1.92 bits per heavy atom. The number of nitro groups is 1. The van der Waals surface area contributed by atoms with E-state index < -0.39 is 4.92 Å². The molecule has 0 fully saturated rings. The van der Waals surface area contributed by atoms with Crippen molar-refractivity contribution in [2.45, 2.75) is 6.42 Å². The maximum Gasteiger partial charge on any atom is 0.273 e. The Labute approximate surface area is 148 Å². The van der Waals surface area contributed by atoms with Crippen molar-refractivity contribution in [2.24, 2.45) is 0 Å². The highest BCUT2D eigenvalue weighted by Crippen LogP contribution is 2.24. The van der Waals surface area contributed by atoms with Gasteiger partial charge < -0.3 is 15.5 Å². The first-order valence-electron chi connectivity index (χ1n) is 7.86. The number of nitrogens with two attached hydrogens (primary N) is 1. The molecule has 0 aliphatic carbocycles. The van der Waals surface area contributed by atoms with Gasteiger partial charge in [-0.25, -0.2) is 4.98 Å². The molecule has 0 bridgehead atoms. The van der Waals surface area contributed by atoms with Crippen molar-refractivity contribution in [1.29, 1.82) is 0 Å². The van der Waals surface area contributed by atoms with Gasteiger partial charge in [-0.2, -0.15) is 0 Å². The van der Waals surface area contributed by atoms with E-state index in [9.17, 15) is 14.9 Å². The minimum atomic E-state index is -0.451. The second-order valence-electron chi connectivity index (χ2n) is 5.55. The van der Waals surface area contributed by atoms with E-state index >= 15 is 0 Å². The predicted octanol–water partition coefficient (Wildman–Crippen LogP) is 2.80. The van der Waals surface area contributed by atoms with E-state index in [1.807, 2.05) is 0 Å². The molecule has 0 aliphatic rings. The predicted molar refractivity (Wildman–Crippen MR) is 95.5 cm³/mol. The number of para-hydroxylation sites is 1. The van der Waals surface area contributed by atoms with Crippen molar-refractivity contribution in [3.8, 4) is 11.5 Å². The highest BCUT2D eigenvalue weighted by Gasteiger charge is 2.14. The van der Waals surface area contributed by atoms with Crippen molar-refractivity contribution >= 4 is 17.3 Å². The first-order valence-corrected chi connectivity index (χ1v) is 7.86. The summed E-state index contributed by atoms with van der Waals surface area (Å²) >= 11 is 0. The minimum Gasteiger partial charge on any atom is -0.444 e. The third-order valence-corrected chi connectivity index (χ3v) is 3.77. The van der Waals surface area contributed by atoms with Gasteiger partial charge in [0, 0.05) is 24.4 Å². The molecule has 1 aromatic heterocycles. The highest BCUT2D eigenvalue weighted by molar-refractivity contribution is 5.92. The second kappa shape index (κ2) is 7.47. The zero-order chi connectivity index (χ0) is 18.5. The van der Waals surface area contributed by atoms with Gasteiger partial charge in [0.15, 0.2) is 5.69 Å². The van der Waals surface area contributed by atoms with E-state index in [1.165, 1.54) is 18.4 Å². The number of hydrogen-bond donors (Lipinski definition) is 2. The summed E-state index contributed by atoms with van der Waals surface area (Å²) < 4.78 is 5.34. The molecule has 0 radical (unpaired) electrons. The van der Waals surface area contributed by atoms with Gasteiger partial charge in [-0.05, 0) is 24.1 Å². The molecule has 8 heteroatoms. The number of hydrogen-bond acceptors (Lipinski definition) is 6. The van der Waals surface area contributed by atoms with Crippen LogP contribution >= 0.6 is 0 Å². The highest BCUT2D eigenvalue weighted by atomic mass is 16.6. The number of nitrogen functional groups attached to an aromatic ring is 1. The summed E-state index contributed by atoms with van der Waals surface area (Å²) in [6.45, 7) is 0.367. The standard InChI is InChI=1S/C18H16N4O4/c19-15-4-2-1-3-14(15)18-21-16(11-26-18)17(23)20-10-9-12-5-7-13(8-6-12)22(24)25/h1-8,11H,9-10,19H2,(H,20,23). The number of benzene rings is 2. The number of amides is 1. The van der Waals surface area contributed by atoms with E-state index in [2.05, 4.69) is 10.3 Å². The maximum absolute atomic E-state index is 12.2. The summed E-state index contributed by atoms with van der Waals surface area (Å²) in [5.74, 6) is -0.0833. The Morgan fingerprint density at radius 3 is 2.62 bits per heavy atom. The van der Waals surface area contributed by atoms with Gasteiger partial charge in [0.25, 0.3) is 11.6 Å². The lowest BCUT2D eigenvalue weighted by Gasteiger charge is -2.03. The summed E-state index contributed by atoms with van der Waals surface area (Å²) in [6, 6.07) is 13.3. The molecular formula is C18H16N4O4. The molecule has 132 valence electrons. The van der Waals surface area contributed by atoms with Crippen LogP contribution in [0.5, 0.6) is 0 Å². The fourth-order valence-electron chi connectivity index (χ4n) is 2.39. The monoisotopic (exact) mass is 352 g/mol. The van der Waals surface area contributed by atoms with E-state index in [-0.39, 0.29) is 23.2 Å². The van der Waals surface area contributed by atoms with Crippen molar-refractivity contribution in [3.63, 3.8) is 0 Å². The Bertz CT molecular complexity index is 934. The molecule has 0 spiro atoms. The number of nitrogens with one attached hydrogen (secondary N) is 1. The zero-order valence-electron chi connectivity index (χ0n) is 13.7. The molecule has 0 saturated heterocycles. The third-order valence-electron chi connectivity index (χ3n) is 3.77. The van der Waals surface area contributed by atoms with E-state index in [4.69, 9.17) is 10.2 Å². The number of oxazole rings is 1. The van der Waals surface area contributed by atoms with Crippen LogP contribution in [0, 0.1) is 10.1 Å². The number of nitro benzene ring substituents is 1. The number of carbonyl (C=O) groups is 1. The Balaban J connectivity index is 1.57. The first-order chi connectivity index (χ1) is 12.5. The van der Waals surface area contributed by atoms with Crippen molar-refractivity contribution in [2.75, 3.05) is 12.3 Å². The van der Waals surface area contributed by atoms with Crippen LogP contribution < -0.4 is 11.1 Å². The summed E-state index contributed by atoms with van der Waals surface area (Å²) in [6.07, 6.45) is 1.82. The van der Waals surface area contributed by atoms with Gasteiger partial charge in [0.05, 0.1) is 10.5 Å². The fourth-order valence-corrected chi connectivity index (χ4v) is 2.39. The maximum atomic E-state index is 12.2. The number of anilines is 1. The lowest BCUT2D eigenvalue weighted by Crippen LogP contribution is -2.25. The van der Waals surface area contributed by atoms with Crippen LogP contribution in [0.4, 0.5) is 11.4 Å². The minimum absolute atomic E-state index is 0.0353.